The molecule has 32 heavy (non-hydrogen) atoms. The van der Waals surface area contributed by atoms with Gasteiger partial charge in [-0.25, -0.2) is 9.98 Å². The number of benzene rings is 2. The van der Waals surface area contributed by atoms with Crippen LogP contribution in [0.15, 0.2) is 72.2 Å². The maximum Gasteiger partial charge on any atom is 0.225 e. The molecule has 1 atom stereocenters. The van der Waals surface area contributed by atoms with Crippen molar-refractivity contribution in [3.63, 3.8) is 0 Å². The second kappa shape index (κ2) is 11.7. The highest BCUT2D eigenvalue weighted by atomic mass is 127. The van der Waals surface area contributed by atoms with Crippen molar-refractivity contribution in [2.24, 2.45) is 4.99 Å². The van der Waals surface area contributed by atoms with Gasteiger partial charge in [-0.05, 0) is 29.7 Å². The lowest BCUT2D eigenvalue weighted by Crippen LogP contribution is -2.40. The van der Waals surface area contributed by atoms with E-state index in [9.17, 15) is 4.79 Å². The Labute approximate surface area is 205 Å². The number of nitrogens with zero attached hydrogens (tertiary/aromatic N) is 3. The zero-order valence-corrected chi connectivity index (χ0v) is 20.5. The fourth-order valence-corrected chi connectivity index (χ4v) is 3.76. The lowest BCUT2D eigenvalue weighted by atomic mass is 9.90. The number of fused-ring (bicyclic) bond motifs is 1. The minimum Gasteiger partial charge on any atom is -0.357 e. The smallest absolute Gasteiger partial charge is 0.225 e. The first-order chi connectivity index (χ1) is 15.2. The number of carbonyl (C=O) groups excluding carboxylic acids is 1. The molecule has 0 radical (unpaired) electrons. The quantitative estimate of drug-likeness (QED) is 0.241. The number of para-hydroxylation sites is 1. The summed E-state index contributed by atoms with van der Waals surface area (Å²) in [5, 5.41) is 9.66. The maximum absolute atomic E-state index is 12.1. The normalized spacial score (nSPS) is 15.3. The standard InChI is InChI=1S/C24H28N6O.HI/c1-2-26-24(28-15-20-13-23(31)29-22-6-4-3-5-21(20)22)27-14-18-7-9-19(10-8-18)16-30-12-11-25-17-30;/h3-12,17,20H,2,13-16H2,1H3,(H,29,31)(H2,26,27,28);1H. The van der Waals surface area contributed by atoms with E-state index in [4.69, 9.17) is 4.99 Å². The van der Waals surface area contributed by atoms with E-state index < -0.39 is 0 Å². The lowest BCUT2D eigenvalue weighted by Gasteiger charge is -2.26. The fraction of sp³-hybridized carbons (Fsp3) is 0.292. The van der Waals surface area contributed by atoms with Gasteiger partial charge in [0.15, 0.2) is 5.96 Å². The van der Waals surface area contributed by atoms with Crippen LogP contribution in [-0.4, -0.2) is 34.5 Å². The molecular formula is C24H29IN6O. The summed E-state index contributed by atoms with van der Waals surface area (Å²) in [6, 6.07) is 16.5. The molecule has 1 unspecified atom stereocenters. The van der Waals surface area contributed by atoms with Gasteiger partial charge in [-0.1, -0.05) is 42.5 Å². The third-order valence-corrected chi connectivity index (χ3v) is 5.33. The van der Waals surface area contributed by atoms with Crippen LogP contribution in [0, 0.1) is 0 Å². The molecule has 0 aliphatic carbocycles. The Morgan fingerprint density at radius 1 is 1.16 bits per heavy atom. The molecule has 0 fully saturated rings. The Balaban J connectivity index is 0.00000289. The monoisotopic (exact) mass is 544 g/mol. The van der Waals surface area contributed by atoms with Crippen molar-refractivity contribution in [1.29, 1.82) is 0 Å². The number of imidazole rings is 1. The number of halogens is 1. The Morgan fingerprint density at radius 2 is 1.94 bits per heavy atom. The highest BCUT2D eigenvalue weighted by molar-refractivity contribution is 14.0. The van der Waals surface area contributed by atoms with Crippen LogP contribution in [0.2, 0.25) is 0 Å². The Bertz CT molecular complexity index is 1030. The molecule has 0 bridgehead atoms. The molecule has 2 aromatic carbocycles. The first-order valence-electron chi connectivity index (χ1n) is 10.7. The van der Waals surface area contributed by atoms with Gasteiger partial charge in [-0.3, -0.25) is 4.79 Å². The summed E-state index contributed by atoms with van der Waals surface area (Å²) in [7, 11) is 0. The first-order valence-corrected chi connectivity index (χ1v) is 10.7. The van der Waals surface area contributed by atoms with Gasteiger partial charge in [0, 0.05) is 50.1 Å². The van der Waals surface area contributed by atoms with Crippen molar-refractivity contribution in [2.45, 2.75) is 32.4 Å². The van der Waals surface area contributed by atoms with Crippen molar-refractivity contribution in [3.8, 4) is 0 Å². The molecule has 7 nitrogen and oxygen atoms in total. The number of carbonyl (C=O) groups is 1. The van der Waals surface area contributed by atoms with Crippen LogP contribution < -0.4 is 16.0 Å². The molecule has 2 heterocycles. The summed E-state index contributed by atoms with van der Waals surface area (Å²) < 4.78 is 2.05. The molecule has 3 N–H and O–H groups in total. The third-order valence-electron chi connectivity index (χ3n) is 5.33. The van der Waals surface area contributed by atoms with Crippen LogP contribution in [0.1, 0.15) is 36.0 Å². The summed E-state index contributed by atoms with van der Waals surface area (Å²) in [6.07, 6.45) is 6.04. The van der Waals surface area contributed by atoms with Crippen LogP contribution in [-0.2, 0) is 17.9 Å². The Hall–Kier alpha value is -2.88. The van der Waals surface area contributed by atoms with Gasteiger partial charge in [0.25, 0.3) is 0 Å². The molecule has 8 heteroatoms. The molecule has 0 saturated carbocycles. The number of guanidine groups is 1. The second-order valence-electron chi connectivity index (χ2n) is 7.66. The average molecular weight is 544 g/mol. The Morgan fingerprint density at radius 3 is 2.69 bits per heavy atom. The molecule has 1 amide bonds. The average Bonchev–Trinajstić information content (AvgIpc) is 3.29. The minimum absolute atomic E-state index is 0. The van der Waals surface area contributed by atoms with Gasteiger partial charge in [0.05, 0.1) is 12.9 Å². The molecule has 0 saturated heterocycles. The zero-order chi connectivity index (χ0) is 21.5. The number of aliphatic imine (C=N–C) groups is 1. The summed E-state index contributed by atoms with van der Waals surface area (Å²) in [4.78, 5) is 20.9. The van der Waals surface area contributed by atoms with E-state index in [1.807, 2.05) is 42.2 Å². The van der Waals surface area contributed by atoms with E-state index in [-0.39, 0.29) is 35.8 Å². The molecule has 0 spiro atoms. The van der Waals surface area contributed by atoms with Crippen LogP contribution in [0.3, 0.4) is 0 Å². The van der Waals surface area contributed by atoms with E-state index in [2.05, 4.69) is 51.3 Å². The van der Waals surface area contributed by atoms with Crippen LogP contribution in [0.25, 0.3) is 0 Å². The van der Waals surface area contributed by atoms with E-state index in [1.165, 1.54) is 11.1 Å². The number of amides is 1. The predicted molar refractivity (Wildman–Crippen MR) is 138 cm³/mol. The van der Waals surface area contributed by atoms with Gasteiger partial charge >= 0.3 is 0 Å². The summed E-state index contributed by atoms with van der Waals surface area (Å²) in [5.41, 5.74) is 4.45. The van der Waals surface area contributed by atoms with Crippen molar-refractivity contribution >= 4 is 41.5 Å². The molecular weight excluding hydrogens is 515 g/mol. The van der Waals surface area contributed by atoms with Crippen molar-refractivity contribution < 1.29 is 4.79 Å². The number of nitrogens with one attached hydrogen (secondary N) is 3. The lowest BCUT2D eigenvalue weighted by molar-refractivity contribution is -0.116. The van der Waals surface area contributed by atoms with E-state index >= 15 is 0 Å². The second-order valence-corrected chi connectivity index (χ2v) is 7.66. The highest BCUT2D eigenvalue weighted by Gasteiger charge is 2.24. The van der Waals surface area contributed by atoms with E-state index in [1.54, 1.807) is 6.20 Å². The molecule has 1 aromatic heterocycles. The third kappa shape index (κ3) is 6.32. The predicted octanol–water partition coefficient (Wildman–Crippen LogP) is 3.73. The molecule has 168 valence electrons. The number of hydrogen-bond donors (Lipinski definition) is 3. The maximum atomic E-state index is 12.1. The summed E-state index contributed by atoms with van der Waals surface area (Å²) in [6.45, 7) is 4.87. The molecule has 3 aromatic rings. The number of anilines is 1. The highest BCUT2D eigenvalue weighted by Crippen LogP contribution is 2.31. The molecule has 1 aliphatic heterocycles. The number of hydrogen-bond acceptors (Lipinski definition) is 3. The summed E-state index contributed by atoms with van der Waals surface area (Å²) in [5.74, 6) is 0.938. The Kier molecular flexibility index (Phi) is 8.66. The van der Waals surface area contributed by atoms with Crippen LogP contribution in [0.4, 0.5) is 5.69 Å². The largest absolute Gasteiger partial charge is 0.357 e. The van der Waals surface area contributed by atoms with Crippen molar-refractivity contribution in [2.75, 3.05) is 18.4 Å². The van der Waals surface area contributed by atoms with Crippen LogP contribution in [0.5, 0.6) is 0 Å². The van der Waals surface area contributed by atoms with E-state index in [0.717, 1.165) is 30.3 Å². The van der Waals surface area contributed by atoms with Gasteiger partial charge in [-0.15, -0.1) is 24.0 Å². The molecule has 1 aliphatic rings. The number of aromatic nitrogens is 2. The SMILES string of the molecule is CCNC(=NCc1ccc(Cn2ccnc2)cc1)NCC1CC(=O)Nc2ccccc21.I. The van der Waals surface area contributed by atoms with Gasteiger partial charge in [-0.2, -0.15) is 0 Å². The van der Waals surface area contributed by atoms with Gasteiger partial charge in [0.2, 0.25) is 5.91 Å². The van der Waals surface area contributed by atoms with Crippen molar-refractivity contribution in [3.05, 3.63) is 83.9 Å². The fourth-order valence-electron chi connectivity index (χ4n) is 3.76. The first kappa shape index (κ1) is 23.8. The van der Waals surface area contributed by atoms with Crippen LogP contribution >= 0.6 is 24.0 Å². The summed E-state index contributed by atoms with van der Waals surface area (Å²) >= 11 is 0. The topological polar surface area (TPSA) is 83.3 Å². The number of rotatable bonds is 7. The zero-order valence-electron chi connectivity index (χ0n) is 18.1. The van der Waals surface area contributed by atoms with Crippen molar-refractivity contribution in [1.82, 2.24) is 20.2 Å². The molecule has 4 rings (SSSR count). The van der Waals surface area contributed by atoms with Gasteiger partial charge in [0.1, 0.15) is 0 Å². The van der Waals surface area contributed by atoms with Gasteiger partial charge < -0.3 is 20.5 Å². The van der Waals surface area contributed by atoms with E-state index in [0.29, 0.717) is 19.5 Å². The minimum atomic E-state index is 0.